The molecule has 0 aromatic heterocycles. The van der Waals surface area contributed by atoms with E-state index in [0.29, 0.717) is 24.9 Å². The second-order valence-electron chi connectivity index (χ2n) is 5.99. The lowest BCUT2D eigenvalue weighted by Crippen LogP contribution is -2.36. The first-order valence-corrected chi connectivity index (χ1v) is 8.43. The van der Waals surface area contributed by atoms with E-state index < -0.39 is 0 Å². The number of ether oxygens (including phenoxy) is 1. The summed E-state index contributed by atoms with van der Waals surface area (Å²) in [5.41, 5.74) is 0.926. The Hall–Kier alpha value is -1.22. The number of benzene rings is 1. The normalized spacial score (nSPS) is 17.6. The Morgan fingerprint density at radius 1 is 1.24 bits per heavy atom. The van der Waals surface area contributed by atoms with E-state index in [2.05, 4.69) is 12.2 Å². The van der Waals surface area contributed by atoms with E-state index in [0.717, 1.165) is 17.9 Å². The fraction of sp³-hybridized carbons (Fsp3) is 0.667. The molecule has 2 N–H and O–H groups in total. The highest BCUT2D eigenvalue weighted by Crippen LogP contribution is 2.31. The summed E-state index contributed by atoms with van der Waals surface area (Å²) in [5, 5.41) is 13.9. The molecule has 118 valence electrons. The summed E-state index contributed by atoms with van der Waals surface area (Å²) in [7, 11) is 0. The average Bonchev–Trinajstić information content (AvgIpc) is 2.52. The topological polar surface area (TPSA) is 41.5 Å². The summed E-state index contributed by atoms with van der Waals surface area (Å²) in [6.07, 6.45) is 7.97. The molecule has 0 saturated heterocycles. The molecule has 21 heavy (non-hydrogen) atoms. The average molecular weight is 291 g/mol. The molecular weight excluding hydrogens is 262 g/mol. The molecule has 2 rings (SSSR count). The predicted molar refractivity (Wildman–Crippen MR) is 86.8 cm³/mol. The van der Waals surface area contributed by atoms with Crippen LogP contribution in [-0.2, 0) is 6.54 Å². The van der Waals surface area contributed by atoms with Crippen molar-refractivity contribution < 1.29 is 9.84 Å². The smallest absolute Gasteiger partial charge is 0.162 e. The second-order valence-corrected chi connectivity index (χ2v) is 5.99. The number of hydrogen-bond acceptors (Lipinski definition) is 3. The SMILES string of the molecule is CCOc1cccc(CNC(CC)C2CCCCC2)c1O. The van der Waals surface area contributed by atoms with Crippen LogP contribution in [0.4, 0.5) is 0 Å². The maximum Gasteiger partial charge on any atom is 0.162 e. The molecule has 1 atom stereocenters. The second kappa shape index (κ2) is 8.28. The van der Waals surface area contributed by atoms with Crippen LogP contribution in [0.15, 0.2) is 18.2 Å². The highest BCUT2D eigenvalue weighted by atomic mass is 16.5. The molecule has 1 aliphatic carbocycles. The maximum absolute atomic E-state index is 10.3. The third kappa shape index (κ3) is 4.37. The Balaban J connectivity index is 1.95. The molecule has 0 aliphatic heterocycles. The molecule has 1 saturated carbocycles. The molecule has 0 radical (unpaired) electrons. The first-order valence-electron chi connectivity index (χ1n) is 8.43. The minimum Gasteiger partial charge on any atom is -0.504 e. The van der Waals surface area contributed by atoms with Gasteiger partial charge in [0, 0.05) is 18.2 Å². The van der Waals surface area contributed by atoms with Gasteiger partial charge in [0.2, 0.25) is 0 Å². The van der Waals surface area contributed by atoms with E-state index in [1.807, 2.05) is 25.1 Å². The Labute approximate surface area is 128 Å². The van der Waals surface area contributed by atoms with Gasteiger partial charge >= 0.3 is 0 Å². The third-order valence-corrected chi connectivity index (χ3v) is 4.60. The van der Waals surface area contributed by atoms with Gasteiger partial charge in [0.05, 0.1) is 6.61 Å². The summed E-state index contributed by atoms with van der Waals surface area (Å²) in [4.78, 5) is 0. The van der Waals surface area contributed by atoms with E-state index in [9.17, 15) is 5.11 Å². The van der Waals surface area contributed by atoms with Gasteiger partial charge in [0.1, 0.15) is 0 Å². The first kappa shape index (κ1) is 16.2. The number of rotatable bonds is 7. The number of phenolic OH excluding ortho intramolecular Hbond substituents is 1. The quantitative estimate of drug-likeness (QED) is 0.789. The Morgan fingerprint density at radius 3 is 2.67 bits per heavy atom. The lowest BCUT2D eigenvalue weighted by molar-refractivity contribution is 0.260. The molecular formula is C18H29NO2. The van der Waals surface area contributed by atoms with Crippen molar-refractivity contribution in [3.63, 3.8) is 0 Å². The summed E-state index contributed by atoms with van der Waals surface area (Å²) >= 11 is 0. The minimum absolute atomic E-state index is 0.283. The minimum atomic E-state index is 0.283. The molecule has 1 aliphatic rings. The lowest BCUT2D eigenvalue weighted by Gasteiger charge is -2.30. The highest BCUT2D eigenvalue weighted by molar-refractivity contribution is 5.45. The molecule has 3 heteroatoms. The van der Waals surface area contributed by atoms with E-state index in [4.69, 9.17) is 4.74 Å². The van der Waals surface area contributed by atoms with Crippen LogP contribution in [0.3, 0.4) is 0 Å². The zero-order valence-electron chi connectivity index (χ0n) is 13.4. The van der Waals surface area contributed by atoms with E-state index in [-0.39, 0.29) is 5.75 Å². The van der Waals surface area contributed by atoms with Crippen molar-refractivity contribution in [2.24, 2.45) is 5.92 Å². The van der Waals surface area contributed by atoms with Gasteiger partial charge in [-0.3, -0.25) is 0 Å². The number of phenols is 1. The van der Waals surface area contributed by atoms with Crippen molar-refractivity contribution in [2.75, 3.05) is 6.61 Å². The Bertz CT molecular complexity index is 427. The highest BCUT2D eigenvalue weighted by Gasteiger charge is 2.22. The molecule has 1 aromatic rings. The maximum atomic E-state index is 10.3. The fourth-order valence-corrected chi connectivity index (χ4v) is 3.40. The standard InChI is InChI=1S/C18H29NO2/c1-3-16(14-9-6-5-7-10-14)19-13-15-11-8-12-17(18(15)20)21-4-2/h8,11-12,14,16,19-20H,3-7,9-10,13H2,1-2H3. The predicted octanol–water partition coefficient (Wildman–Crippen LogP) is 4.24. The van der Waals surface area contributed by atoms with Gasteiger partial charge in [0.15, 0.2) is 11.5 Å². The zero-order valence-corrected chi connectivity index (χ0v) is 13.4. The van der Waals surface area contributed by atoms with Gasteiger partial charge in [-0.25, -0.2) is 0 Å². The third-order valence-electron chi connectivity index (χ3n) is 4.60. The van der Waals surface area contributed by atoms with Crippen molar-refractivity contribution in [1.82, 2.24) is 5.32 Å². The number of para-hydroxylation sites is 1. The number of aromatic hydroxyl groups is 1. The van der Waals surface area contributed by atoms with Crippen LogP contribution in [0.25, 0.3) is 0 Å². The number of nitrogens with one attached hydrogen (secondary N) is 1. The van der Waals surface area contributed by atoms with Gasteiger partial charge in [-0.1, -0.05) is 38.3 Å². The van der Waals surface area contributed by atoms with Crippen LogP contribution < -0.4 is 10.1 Å². The largest absolute Gasteiger partial charge is 0.504 e. The summed E-state index contributed by atoms with van der Waals surface area (Å²) < 4.78 is 5.45. The van der Waals surface area contributed by atoms with Crippen LogP contribution in [-0.4, -0.2) is 17.8 Å². The van der Waals surface area contributed by atoms with Crippen molar-refractivity contribution >= 4 is 0 Å². The van der Waals surface area contributed by atoms with Gasteiger partial charge in [-0.05, 0) is 38.2 Å². The summed E-state index contributed by atoms with van der Waals surface area (Å²) in [6.45, 7) is 5.47. The van der Waals surface area contributed by atoms with Crippen LogP contribution in [0.2, 0.25) is 0 Å². The van der Waals surface area contributed by atoms with Gasteiger partial charge < -0.3 is 15.2 Å². The lowest BCUT2D eigenvalue weighted by atomic mass is 9.83. The van der Waals surface area contributed by atoms with Gasteiger partial charge in [0.25, 0.3) is 0 Å². The van der Waals surface area contributed by atoms with Crippen molar-refractivity contribution in [3.05, 3.63) is 23.8 Å². The Kier molecular flexibility index (Phi) is 6.37. The van der Waals surface area contributed by atoms with Crippen molar-refractivity contribution in [3.8, 4) is 11.5 Å². The van der Waals surface area contributed by atoms with Crippen LogP contribution in [0.5, 0.6) is 11.5 Å². The Morgan fingerprint density at radius 2 is 2.00 bits per heavy atom. The van der Waals surface area contributed by atoms with E-state index in [1.54, 1.807) is 0 Å². The first-order chi connectivity index (χ1) is 10.3. The fourth-order valence-electron chi connectivity index (χ4n) is 3.40. The molecule has 0 heterocycles. The van der Waals surface area contributed by atoms with Crippen LogP contribution in [0.1, 0.15) is 57.9 Å². The van der Waals surface area contributed by atoms with Crippen molar-refractivity contribution in [1.29, 1.82) is 0 Å². The molecule has 3 nitrogen and oxygen atoms in total. The van der Waals surface area contributed by atoms with Gasteiger partial charge in [-0.2, -0.15) is 0 Å². The van der Waals surface area contributed by atoms with Crippen LogP contribution in [0, 0.1) is 5.92 Å². The molecule has 0 bridgehead atoms. The summed E-state index contributed by atoms with van der Waals surface area (Å²) in [5.74, 6) is 1.66. The van der Waals surface area contributed by atoms with E-state index in [1.165, 1.54) is 32.1 Å². The monoisotopic (exact) mass is 291 g/mol. The van der Waals surface area contributed by atoms with Gasteiger partial charge in [-0.15, -0.1) is 0 Å². The zero-order chi connectivity index (χ0) is 15.1. The van der Waals surface area contributed by atoms with Crippen molar-refractivity contribution in [2.45, 2.75) is 65.0 Å². The summed E-state index contributed by atoms with van der Waals surface area (Å²) in [6, 6.07) is 6.29. The molecule has 0 spiro atoms. The molecule has 1 unspecified atom stereocenters. The molecule has 1 aromatic carbocycles. The van der Waals surface area contributed by atoms with Crippen LogP contribution >= 0.6 is 0 Å². The molecule has 0 amide bonds. The van der Waals surface area contributed by atoms with E-state index >= 15 is 0 Å². The molecule has 1 fully saturated rings. The number of hydrogen-bond donors (Lipinski definition) is 2.